The molecule has 1 fully saturated rings. The van der Waals surface area contributed by atoms with Crippen LogP contribution in [-0.2, 0) is 15.6 Å². The number of carbonyl (C=O) groups excluding carboxylic acids is 1. The Bertz CT molecular complexity index is 203. The summed E-state index contributed by atoms with van der Waals surface area (Å²) in [5.41, 5.74) is 0. The molecule has 11 heavy (non-hydrogen) atoms. The second-order valence-corrected chi connectivity index (χ2v) is 6.01. The number of thioether (sulfide) groups is 1. The summed E-state index contributed by atoms with van der Waals surface area (Å²) in [4.78, 5) is 11.2. The van der Waals surface area contributed by atoms with Crippen LogP contribution in [-0.4, -0.2) is 25.6 Å². The van der Waals surface area contributed by atoms with Crippen LogP contribution in [0.3, 0.4) is 0 Å². The predicted octanol–water partition coefficient (Wildman–Crippen LogP) is 1.18. The van der Waals surface area contributed by atoms with E-state index in [1.54, 1.807) is 18.7 Å². The van der Waals surface area contributed by atoms with Crippen molar-refractivity contribution in [3.8, 4) is 0 Å². The molecule has 0 amide bonds. The van der Waals surface area contributed by atoms with Crippen molar-refractivity contribution in [2.75, 3.05) is 11.5 Å². The van der Waals surface area contributed by atoms with Gasteiger partial charge in [0.15, 0.2) is 5.78 Å². The van der Waals surface area contributed by atoms with E-state index in [2.05, 4.69) is 0 Å². The summed E-state index contributed by atoms with van der Waals surface area (Å²) in [6.07, 6.45) is 0.694. The van der Waals surface area contributed by atoms with E-state index in [0.717, 1.165) is 5.75 Å². The van der Waals surface area contributed by atoms with Crippen LogP contribution in [0.1, 0.15) is 20.3 Å². The molecule has 1 heterocycles. The van der Waals surface area contributed by atoms with Crippen LogP contribution >= 0.6 is 11.8 Å². The zero-order valence-electron chi connectivity index (χ0n) is 6.75. The highest BCUT2D eigenvalue weighted by atomic mass is 32.2. The van der Waals surface area contributed by atoms with E-state index in [1.165, 1.54) is 0 Å². The molecule has 2 unspecified atom stereocenters. The van der Waals surface area contributed by atoms with E-state index in [1.807, 2.05) is 6.92 Å². The fraction of sp³-hybridized carbons (Fsp3) is 0.857. The summed E-state index contributed by atoms with van der Waals surface area (Å²) in [5.74, 6) is 1.61. The van der Waals surface area contributed by atoms with Gasteiger partial charge in [0.05, 0.1) is 0 Å². The molecule has 0 aromatic rings. The molecule has 1 aliphatic heterocycles. The summed E-state index contributed by atoms with van der Waals surface area (Å²) in [7, 11) is -0.936. The molecule has 2 atom stereocenters. The van der Waals surface area contributed by atoms with E-state index in [9.17, 15) is 9.00 Å². The average molecular weight is 192 g/mol. The van der Waals surface area contributed by atoms with Crippen molar-refractivity contribution in [3.05, 3.63) is 0 Å². The van der Waals surface area contributed by atoms with Crippen LogP contribution < -0.4 is 0 Å². The van der Waals surface area contributed by atoms with Gasteiger partial charge in [0, 0.05) is 22.3 Å². The molecule has 0 bridgehead atoms. The Hall–Kier alpha value is 0.170. The minimum atomic E-state index is -0.936. The Kier molecular flexibility index (Phi) is 2.75. The van der Waals surface area contributed by atoms with Crippen molar-refractivity contribution in [2.45, 2.75) is 24.3 Å². The standard InChI is InChI=1S/C7H12O2S2/c1-3-7(6(2)8)10-4-5-11(7)9/h3-5H2,1-2H3. The van der Waals surface area contributed by atoms with Crippen LogP contribution in [0.25, 0.3) is 0 Å². The maximum Gasteiger partial charge on any atom is 0.158 e. The molecular weight excluding hydrogens is 180 g/mol. The third-order valence-electron chi connectivity index (χ3n) is 1.97. The first kappa shape index (κ1) is 9.26. The molecule has 1 aliphatic rings. The van der Waals surface area contributed by atoms with Crippen LogP contribution in [0, 0.1) is 0 Å². The molecule has 0 aromatic carbocycles. The Labute approximate surface area is 73.6 Å². The first-order chi connectivity index (χ1) is 5.13. The number of hydrogen-bond donors (Lipinski definition) is 0. The summed E-state index contributed by atoms with van der Waals surface area (Å²) in [5, 5.41) is 0. The van der Waals surface area contributed by atoms with E-state index in [4.69, 9.17) is 0 Å². The molecule has 0 N–H and O–H groups in total. The number of Topliss-reactive ketones (excluding diaryl/α,β-unsaturated/α-hetero) is 1. The predicted molar refractivity (Wildman–Crippen MR) is 49.2 cm³/mol. The first-order valence-corrected chi connectivity index (χ1v) is 5.97. The summed E-state index contributed by atoms with van der Waals surface area (Å²) in [6.45, 7) is 3.47. The van der Waals surface area contributed by atoms with Crippen LogP contribution in [0.15, 0.2) is 0 Å². The van der Waals surface area contributed by atoms with E-state index >= 15 is 0 Å². The normalized spacial score (nSPS) is 37.5. The van der Waals surface area contributed by atoms with Gasteiger partial charge >= 0.3 is 0 Å². The SMILES string of the molecule is CCC1(C(C)=O)SCCS1=O. The van der Waals surface area contributed by atoms with Crippen LogP contribution in [0.2, 0.25) is 0 Å². The van der Waals surface area contributed by atoms with Gasteiger partial charge in [-0.25, -0.2) is 0 Å². The molecule has 2 nitrogen and oxygen atoms in total. The smallest absolute Gasteiger partial charge is 0.158 e. The van der Waals surface area contributed by atoms with Gasteiger partial charge in [-0.15, -0.1) is 11.8 Å². The van der Waals surface area contributed by atoms with Gasteiger partial charge in [0.2, 0.25) is 0 Å². The topological polar surface area (TPSA) is 34.1 Å². The molecular formula is C7H12O2S2. The Morgan fingerprint density at radius 3 is 2.55 bits per heavy atom. The first-order valence-electron chi connectivity index (χ1n) is 3.67. The van der Waals surface area contributed by atoms with Crippen LogP contribution in [0.4, 0.5) is 0 Å². The van der Waals surface area contributed by atoms with E-state index in [-0.39, 0.29) is 5.78 Å². The second-order valence-electron chi connectivity index (χ2n) is 2.56. The zero-order chi connectivity index (χ0) is 8.48. The van der Waals surface area contributed by atoms with E-state index in [0.29, 0.717) is 12.2 Å². The van der Waals surface area contributed by atoms with Crippen molar-refractivity contribution < 1.29 is 9.00 Å². The lowest BCUT2D eigenvalue weighted by Crippen LogP contribution is -2.34. The lowest BCUT2D eigenvalue weighted by atomic mass is 10.2. The fourth-order valence-corrected chi connectivity index (χ4v) is 4.96. The summed E-state index contributed by atoms with van der Waals surface area (Å²) in [6, 6.07) is 0. The molecule has 0 radical (unpaired) electrons. The van der Waals surface area contributed by atoms with Crippen molar-refractivity contribution in [1.82, 2.24) is 0 Å². The third kappa shape index (κ3) is 1.38. The highest BCUT2D eigenvalue weighted by molar-refractivity contribution is 8.16. The van der Waals surface area contributed by atoms with E-state index < -0.39 is 14.9 Å². The third-order valence-corrected chi connectivity index (χ3v) is 6.48. The highest BCUT2D eigenvalue weighted by Crippen LogP contribution is 2.39. The largest absolute Gasteiger partial charge is 0.297 e. The Balaban J connectivity index is 2.91. The molecule has 0 aromatic heterocycles. The lowest BCUT2D eigenvalue weighted by Gasteiger charge is -2.20. The van der Waals surface area contributed by atoms with Gasteiger partial charge in [0.25, 0.3) is 0 Å². The van der Waals surface area contributed by atoms with Crippen molar-refractivity contribution in [3.63, 3.8) is 0 Å². The van der Waals surface area contributed by atoms with Gasteiger partial charge in [-0.3, -0.25) is 9.00 Å². The average Bonchev–Trinajstić information content (AvgIpc) is 2.32. The molecule has 0 saturated carbocycles. The van der Waals surface area contributed by atoms with Gasteiger partial charge in [-0.2, -0.15) is 0 Å². The molecule has 1 rings (SSSR count). The molecule has 64 valence electrons. The van der Waals surface area contributed by atoms with Gasteiger partial charge in [0.1, 0.15) is 4.08 Å². The van der Waals surface area contributed by atoms with Crippen LogP contribution in [0.5, 0.6) is 0 Å². The monoisotopic (exact) mass is 192 g/mol. The van der Waals surface area contributed by atoms with Crippen molar-refractivity contribution >= 4 is 28.3 Å². The molecule has 0 aliphatic carbocycles. The maximum absolute atomic E-state index is 11.4. The lowest BCUT2D eigenvalue weighted by molar-refractivity contribution is -0.117. The van der Waals surface area contributed by atoms with Gasteiger partial charge in [-0.1, -0.05) is 6.92 Å². The number of carbonyl (C=O) groups is 1. The molecule has 1 saturated heterocycles. The number of hydrogen-bond acceptors (Lipinski definition) is 3. The molecule has 0 spiro atoms. The summed E-state index contributed by atoms with van der Waals surface area (Å²) < 4.78 is 10.9. The quantitative estimate of drug-likeness (QED) is 0.659. The highest BCUT2D eigenvalue weighted by Gasteiger charge is 2.44. The second kappa shape index (κ2) is 3.27. The summed E-state index contributed by atoms with van der Waals surface area (Å²) >= 11 is 1.56. The van der Waals surface area contributed by atoms with Crippen molar-refractivity contribution in [2.24, 2.45) is 0 Å². The zero-order valence-corrected chi connectivity index (χ0v) is 8.39. The Morgan fingerprint density at radius 2 is 2.36 bits per heavy atom. The molecule has 4 heteroatoms. The number of ketones is 1. The maximum atomic E-state index is 11.4. The Morgan fingerprint density at radius 1 is 1.73 bits per heavy atom. The minimum absolute atomic E-state index is 0.0702. The van der Waals surface area contributed by atoms with Gasteiger partial charge in [-0.05, 0) is 13.3 Å². The number of rotatable bonds is 2. The van der Waals surface area contributed by atoms with Gasteiger partial charge < -0.3 is 0 Å². The van der Waals surface area contributed by atoms with Crippen molar-refractivity contribution in [1.29, 1.82) is 0 Å². The fourth-order valence-electron chi connectivity index (χ4n) is 1.29. The minimum Gasteiger partial charge on any atom is -0.297 e.